The van der Waals surface area contributed by atoms with Crippen LogP contribution < -0.4 is 10.1 Å². The number of carbonyl (C=O) groups is 1. The molecule has 0 unspecified atom stereocenters. The lowest BCUT2D eigenvalue weighted by atomic mass is 9.54. The third-order valence-corrected chi connectivity index (χ3v) is 7.17. The second-order valence-electron chi connectivity index (χ2n) is 9.61. The summed E-state index contributed by atoms with van der Waals surface area (Å²) in [7, 11) is 0. The second-order valence-corrected chi connectivity index (χ2v) is 9.61. The molecule has 0 spiro atoms. The number of carbonyl (C=O) groups excluding carboxylic acids is 1. The third-order valence-electron chi connectivity index (χ3n) is 7.17. The topological polar surface area (TPSA) is 47.6 Å². The van der Waals surface area contributed by atoms with Crippen LogP contribution >= 0.6 is 0 Å². The molecule has 1 amide bonds. The lowest BCUT2D eigenvalue weighted by molar-refractivity contribution is -0.160. The van der Waals surface area contributed by atoms with Gasteiger partial charge in [-0.2, -0.15) is 0 Å². The third kappa shape index (κ3) is 5.14. The van der Waals surface area contributed by atoms with Gasteiger partial charge >= 0.3 is 0 Å². The van der Waals surface area contributed by atoms with Crippen molar-refractivity contribution in [3.05, 3.63) is 29.8 Å². The number of ether oxygens (including phenoxy) is 2. The summed E-state index contributed by atoms with van der Waals surface area (Å²) >= 11 is 0. The molecule has 0 aromatic heterocycles. The van der Waals surface area contributed by atoms with Crippen LogP contribution in [0.4, 0.5) is 0 Å². The quantitative estimate of drug-likeness (QED) is 0.510. The van der Waals surface area contributed by atoms with Crippen LogP contribution in [-0.2, 0) is 4.74 Å². The fourth-order valence-corrected chi connectivity index (χ4v) is 6.23. The van der Waals surface area contributed by atoms with E-state index >= 15 is 0 Å². The van der Waals surface area contributed by atoms with E-state index in [0.29, 0.717) is 31.1 Å². The van der Waals surface area contributed by atoms with E-state index in [1.807, 2.05) is 24.3 Å². The lowest BCUT2D eigenvalue weighted by Crippen LogP contribution is -2.52. The first-order valence-corrected chi connectivity index (χ1v) is 11.8. The van der Waals surface area contributed by atoms with Crippen molar-refractivity contribution < 1.29 is 14.3 Å². The van der Waals surface area contributed by atoms with E-state index in [4.69, 9.17) is 9.47 Å². The summed E-state index contributed by atoms with van der Waals surface area (Å²) in [6, 6.07) is 7.55. The predicted octanol–water partition coefficient (Wildman–Crippen LogP) is 5.36. The molecule has 1 aromatic carbocycles. The zero-order valence-corrected chi connectivity index (χ0v) is 18.0. The van der Waals surface area contributed by atoms with Gasteiger partial charge in [0.15, 0.2) is 0 Å². The van der Waals surface area contributed by atoms with Crippen molar-refractivity contribution in [1.29, 1.82) is 0 Å². The summed E-state index contributed by atoms with van der Waals surface area (Å²) in [6.45, 7) is 4.04. The van der Waals surface area contributed by atoms with Crippen molar-refractivity contribution in [2.75, 3.05) is 19.8 Å². The molecular weight excluding hydrogens is 362 g/mol. The van der Waals surface area contributed by atoms with Gasteiger partial charge in [-0.25, -0.2) is 0 Å². The smallest absolute Gasteiger partial charge is 0.255 e. The molecule has 0 heterocycles. The van der Waals surface area contributed by atoms with Gasteiger partial charge < -0.3 is 14.8 Å². The molecule has 4 heteroatoms. The lowest BCUT2D eigenvalue weighted by Gasteiger charge is -2.56. The molecule has 0 aliphatic heterocycles. The highest BCUT2D eigenvalue weighted by molar-refractivity contribution is 5.96. The number of rotatable bonds is 11. The van der Waals surface area contributed by atoms with E-state index < -0.39 is 0 Å². The van der Waals surface area contributed by atoms with E-state index in [1.165, 1.54) is 57.8 Å². The minimum atomic E-state index is -0.0664. The van der Waals surface area contributed by atoms with E-state index in [-0.39, 0.29) is 11.5 Å². The summed E-state index contributed by atoms with van der Waals surface area (Å²) in [4.78, 5) is 12.7. The highest BCUT2D eigenvalue weighted by atomic mass is 16.5. The maximum Gasteiger partial charge on any atom is 0.255 e. The van der Waals surface area contributed by atoms with E-state index in [0.717, 1.165) is 24.2 Å². The number of amides is 1. The van der Waals surface area contributed by atoms with Crippen molar-refractivity contribution in [3.8, 4) is 5.75 Å². The molecule has 4 fully saturated rings. The SMILES string of the molecule is CCCCCCOc1ccccc1C(=O)NCCOC12CC3CC(CC(C3)C1)C2. The number of nitrogens with one attached hydrogen (secondary N) is 1. The molecule has 4 aliphatic rings. The Kier molecular flexibility index (Phi) is 6.79. The number of para-hydroxylation sites is 1. The van der Waals surface area contributed by atoms with Crippen LogP contribution in [0, 0.1) is 17.8 Å². The second kappa shape index (κ2) is 9.51. The van der Waals surface area contributed by atoms with Crippen LogP contribution in [0.5, 0.6) is 5.75 Å². The average molecular weight is 400 g/mol. The van der Waals surface area contributed by atoms with E-state index in [2.05, 4.69) is 12.2 Å². The Bertz CT molecular complexity index is 651. The van der Waals surface area contributed by atoms with Gasteiger partial charge in [0.1, 0.15) is 5.75 Å². The van der Waals surface area contributed by atoms with Gasteiger partial charge in [-0.1, -0.05) is 38.3 Å². The van der Waals surface area contributed by atoms with E-state index in [1.54, 1.807) is 0 Å². The van der Waals surface area contributed by atoms with Gasteiger partial charge in [-0.15, -0.1) is 0 Å². The first kappa shape index (κ1) is 20.7. The molecule has 0 atom stereocenters. The molecule has 0 saturated heterocycles. The molecule has 4 aliphatic carbocycles. The number of unbranched alkanes of at least 4 members (excludes halogenated alkanes) is 3. The normalized spacial score (nSPS) is 29.8. The molecule has 5 rings (SSSR count). The van der Waals surface area contributed by atoms with Gasteiger partial charge in [-0.3, -0.25) is 4.79 Å². The van der Waals surface area contributed by atoms with Gasteiger partial charge in [0, 0.05) is 6.54 Å². The van der Waals surface area contributed by atoms with Crippen LogP contribution in [0.2, 0.25) is 0 Å². The molecule has 4 nitrogen and oxygen atoms in total. The molecule has 4 bridgehead atoms. The Morgan fingerprint density at radius 3 is 2.38 bits per heavy atom. The highest BCUT2D eigenvalue weighted by Gasteiger charge is 2.51. The standard InChI is InChI=1S/C25H37NO3/c1-2-3-4-7-11-28-23-9-6-5-8-22(23)24(27)26-10-12-29-25-16-19-13-20(17-25)15-21(14-19)18-25/h5-6,8-9,19-21H,2-4,7,10-18H2,1H3,(H,26,27). The first-order valence-electron chi connectivity index (χ1n) is 11.8. The average Bonchev–Trinajstić information content (AvgIpc) is 2.70. The van der Waals surface area contributed by atoms with Crippen LogP contribution in [0.3, 0.4) is 0 Å². The molecular formula is C25H37NO3. The van der Waals surface area contributed by atoms with Crippen LogP contribution in [0.1, 0.15) is 81.5 Å². The Morgan fingerprint density at radius 1 is 1.00 bits per heavy atom. The fraction of sp³-hybridized carbons (Fsp3) is 0.720. The number of benzene rings is 1. The summed E-state index contributed by atoms with van der Waals surface area (Å²) in [5.74, 6) is 3.28. The Hall–Kier alpha value is -1.55. The minimum absolute atomic E-state index is 0.0664. The van der Waals surface area contributed by atoms with Crippen molar-refractivity contribution in [2.24, 2.45) is 17.8 Å². The largest absolute Gasteiger partial charge is 0.493 e. The van der Waals surface area contributed by atoms with Crippen LogP contribution in [0.25, 0.3) is 0 Å². The maximum atomic E-state index is 12.7. The molecule has 29 heavy (non-hydrogen) atoms. The van der Waals surface area contributed by atoms with Crippen LogP contribution in [-0.4, -0.2) is 31.3 Å². The van der Waals surface area contributed by atoms with Crippen molar-refractivity contribution in [2.45, 2.75) is 76.7 Å². The molecule has 0 radical (unpaired) electrons. The van der Waals surface area contributed by atoms with Crippen molar-refractivity contribution >= 4 is 5.91 Å². The van der Waals surface area contributed by atoms with Gasteiger partial charge in [0.05, 0.1) is 24.4 Å². The molecule has 1 N–H and O–H groups in total. The summed E-state index contributed by atoms with van der Waals surface area (Å²) < 4.78 is 12.3. The van der Waals surface area contributed by atoms with Crippen molar-refractivity contribution in [1.82, 2.24) is 5.32 Å². The van der Waals surface area contributed by atoms with Gasteiger partial charge in [0.2, 0.25) is 0 Å². The van der Waals surface area contributed by atoms with Crippen molar-refractivity contribution in [3.63, 3.8) is 0 Å². The minimum Gasteiger partial charge on any atom is -0.493 e. The van der Waals surface area contributed by atoms with Gasteiger partial charge in [-0.05, 0) is 74.8 Å². The van der Waals surface area contributed by atoms with E-state index in [9.17, 15) is 4.79 Å². The number of hydrogen-bond acceptors (Lipinski definition) is 3. The zero-order chi connectivity index (χ0) is 20.1. The maximum absolute atomic E-state index is 12.7. The molecule has 1 aromatic rings. The Morgan fingerprint density at radius 2 is 1.69 bits per heavy atom. The molecule has 4 saturated carbocycles. The highest BCUT2D eigenvalue weighted by Crippen LogP contribution is 2.57. The van der Waals surface area contributed by atoms with Gasteiger partial charge in [0.25, 0.3) is 5.91 Å². The fourth-order valence-electron chi connectivity index (χ4n) is 6.23. The van der Waals surface area contributed by atoms with Crippen LogP contribution in [0.15, 0.2) is 24.3 Å². The Labute approximate surface area is 175 Å². The summed E-state index contributed by atoms with van der Waals surface area (Å²) in [5, 5.41) is 3.04. The zero-order valence-electron chi connectivity index (χ0n) is 18.0. The first-order chi connectivity index (χ1) is 14.2. The Balaban J connectivity index is 1.22. The summed E-state index contributed by atoms with van der Waals surface area (Å²) in [5.41, 5.74) is 0.733. The monoisotopic (exact) mass is 399 g/mol. The number of hydrogen-bond donors (Lipinski definition) is 1. The molecule has 160 valence electrons. The summed E-state index contributed by atoms with van der Waals surface area (Å²) in [6.07, 6.45) is 12.6. The predicted molar refractivity (Wildman–Crippen MR) is 115 cm³/mol.